The van der Waals surface area contributed by atoms with Crippen molar-refractivity contribution in [2.45, 2.75) is 27.7 Å². The van der Waals surface area contributed by atoms with E-state index in [0.717, 1.165) is 11.1 Å². The zero-order chi connectivity index (χ0) is 15.9. The van der Waals surface area contributed by atoms with Crippen molar-refractivity contribution in [2.24, 2.45) is 11.3 Å². The summed E-state index contributed by atoms with van der Waals surface area (Å²) in [6.07, 6.45) is 1.72. The molecule has 0 bridgehead atoms. The SMILES string of the molecule is Cc1c(/C=C2/C(=O)C(C)(C)C(=O)C2C)ccc(C#N)c1Cl. The van der Waals surface area contributed by atoms with Gasteiger partial charge in [-0.25, -0.2) is 0 Å². The van der Waals surface area contributed by atoms with Crippen LogP contribution in [0.15, 0.2) is 17.7 Å². The van der Waals surface area contributed by atoms with Gasteiger partial charge in [-0.2, -0.15) is 5.26 Å². The molecule has 0 radical (unpaired) electrons. The molecule has 1 unspecified atom stereocenters. The van der Waals surface area contributed by atoms with Gasteiger partial charge in [0.25, 0.3) is 0 Å². The fourth-order valence-electron chi connectivity index (χ4n) is 2.65. The van der Waals surface area contributed by atoms with Gasteiger partial charge in [-0.15, -0.1) is 0 Å². The first-order valence-corrected chi connectivity index (χ1v) is 7.09. The number of hydrogen-bond donors (Lipinski definition) is 0. The molecule has 1 aromatic rings. The smallest absolute Gasteiger partial charge is 0.172 e. The largest absolute Gasteiger partial charge is 0.298 e. The molecule has 0 amide bonds. The molecule has 108 valence electrons. The molecule has 1 aliphatic carbocycles. The number of nitrogens with zero attached hydrogens (tertiary/aromatic N) is 1. The van der Waals surface area contributed by atoms with E-state index >= 15 is 0 Å². The van der Waals surface area contributed by atoms with Crippen LogP contribution in [0.3, 0.4) is 0 Å². The van der Waals surface area contributed by atoms with Crippen LogP contribution in [0.25, 0.3) is 6.08 Å². The molecule has 2 rings (SSSR count). The fourth-order valence-corrected chi connectivity index (χ4v) is 2.87. The van der Waals surface area contributed by atoms with Gasteiger partial charge < -0.3 is 0 Å². The van der Waals surface area contributed by atoms with Gasteiger partial charge in [0.15, 0.2) is 11.6 Å². The van der Waals surface area contributed by atoms with Crippen molar-refractivity contribution in [2.75, 3.05) is 0 Å². The summed E-state index contributed by atoms with van der Waals surface area (Å²) in [6.45, 7) is 6.87. The number of allylic oxidation sites excluding steroid dienone is 1. The van der Waals surface area contributed by atoms with E-state index in [1.54, 1.807) is 45.9 Å². The molecular weight excluding hydrogens is 286 g/mol. The monoisotopic (exact) mass is 301 g/mol. The van der Waals surface area contributed by atoms with E-state index in [2.05, 4.69) is 0 Å². The van der Waals surface area contributed by atoms with Crippen molar-refractivity contribution in [3.8, 4) is 6.07 Å². The Morgan fingerprint density at radius 3 is 2.43 bits per heavy atom. The molecule has 0 saturated heterocycles. The molecule has 0 N–H and O–H groups in total. The molecule has 0 aliphatic heterocycles. The average molecular weight is 302 g/mol. The van der Waals surface area contributed by atoms with E-state index in [0.29, 0.717) is 16.2 Å². The lowest BCUT2D eigenvalue weighted by Gasteiger charge is -2.11. The first-order valence-electron chi connectivity index (χ1n) is 6.71. The van der Waals surface area contributed by atoms with Crippen molar-refractivity contribution in [1.29, 1.82) is 5.26 Å². The molecule has 4 heteroatoms. The highest BCUT2D eigenvalue weighted by Crippen LogP contribution is 2.39. The van der Waals surface area contributed by atoms with Crippen molar-refractivity contribution in [3.05, 3.63) is 39.4 Å². The second-order valence-corrected chi connectivity index (χ2v) is 6.27. The Balaban J connectivity index is 2.56. The number of ketones is 2. The van der Waals surface area contributed by atoms with E-state index in [1.807, 2.05) is 6.07 Å². The van der Waals surface area contributed by atoms with E-state index in [9.17, 15) is 9.59 Å². The molecule has 0 spiro atoms. The topological polar surface area (TPSA) is 57.9 Å². The van der Waals surface area contributed by atoms with Crippen LogP contribution in [0.4, 0.5) is 0 Å². The number of carbonyl (C=O) groups excluding carboxylic acids is 2. The van der Waals surface area contributed by atoms with Crippen LogP contribution in [0.5, 0.6) is 0 Å². The van der Waals surface area contributed by atoms with Crippen molar-refractivity contribution >= 4 is 29.2 Å². The summed E-state index contributed by atoms with van der Waals surface area (Å²) in [4.78, 5) is 24.6. The van der Waals surface area contributed by atoms with Gasteiger partial charge in [-0.3, -0.25) is 9.59 Å². The maximum Gasteiger partial charge on any atom is 0.172 e. The van der Waals surface area contributed by atoms with Crippen LogP contribution in [0.2, 0.25) is 5.02 Å². The number of carbonyl (C=O) groups is 2. The van der Waals surface area contributed by atoms with Gasteiger partial charge in [-0.05, 0) is 44.0 Å². The summed E-state index contributed by atoms with van der Waals surface area (Å²) in [5.74, 6) is -0.614. The third-order valence-corrected chi connectivity index (χ3v) is 4.65. The minimum absolute atomic E-state index is 0.0591. The van der Waals surface area contributed by atoms with E-state index in [4.69, 9.17) is 16.9 Å². The minimum atomic E-state index is -0.963. The molecular formula is C17H16ClNO2. The Labute approximate surface area is 129 Å². The molecule has 0 heterocycles. The standard InChI is InChI=1S/C17H16ClNO2/c1-9-11(5-6-12(8-19)14(9)18)7-13-10(2)15(20)17(3,4)16(13)21/h5-7,10H,1-4H3/b13-7+. The summed E-state index contributed by atoms with van der Waals surface area (Å²) in [6, 6.07) is 5.40. The van der Waals surface area contributed by atoms with Crippen molar-refractivity contribution in [3.63, 3.8) is 0 Å². The van der Waals surface area contributed by atoms with Gasteiger partial charge in [0.05, 0.1) is 16.0 Å². The van der Waals surface area contributed by atoms with Gasteiger partial charge in [0, 0.05) is 11.5 Å². The Bertz CT molecular complexity index is 723. The summed E-state index contributed by atoms with van der Waals surface area (Å²) >= 11 is 6.14. The van der Waals surface area contributed by atoms with Crippen LogP contribution in [0.1, 0.15) is 37.5 Å². The van der Waals surface area contributed by atoms with Gasteiger partial charge in [-0.1, -0.05) is 24.6 Å². The molecule has 3 nitrogen and oxygen atoms in total. The number of nitriles is 1. The number of rotatable bonds is 1. The summed E-state index contributed by atoms with van der Waals surface area (Å²) < 4.78 is 0. The normalized spacial score (nSPS) is 22.7. The van der Waals surface area contributed by atoms with Crippen molar-refractivity contribution < 1.29 is 9.59 Å². The van der Waals surface area contributed by atoms with Gasteiger partial charge in [0.1, 0.15) is 6.07 Å². The van der Waals surface area contributed by atoms with E-state index in [1.165, 1.54) is 0 Å². The highest BCUT2D eigenvalue weighted by atomic mass is 35.5. The Kier molecular flexibility index (Phi) is 3.78. The third-order valence-electron chi connectivity index (χ3n) is 4.17. The molecule has 1 aliphatic rings. The second kappa shape index (κ2) is 5.13. The highest BCUT2D eigenvalue weighted by Gasteiger charge is 2.49. The third kappa shape index (κ3) is 2.30. The van der Waals surface area contributed by atoms with Crippen molar-refractivity contribution in [1.82, 2.24) is 0 Å². The lowest BCUT2D eigenvalue weighted by Crippen LogP contribution is -2.26. The van der Waals surface area contributed by atoms with E-state index in [-0.39, 0.29) is 11.6 Å². The van der Waals surface area contributed by atoms with Crippen LogP contribution in [-0.4, -0.2) is 11.6 Å². The predicted octanol–water partition coefficient (Wildman–Crippen LogP) is 3.72. The maximum atomic E-state index is 12.4. The quantitative estimate of drug-likeness (QED) is 0.587. The van der Waals surface area contributed by atoms with Crippen LogP contribution in [-0.2, 0) is 9.59 Å². The molecule has 1 atom stereocenters. The predicted molar refractivity (Wildman–Crippen MR) is 81.8 cm³/mol. The zero-order valence-corrected chi connectivity index (χ0v) is 13.2. The lowest BCUT2D eigenvalue weighted by atomic mass is 9.88. The van der Waals surface area contributed by atoms with Crippen LogP contribution < -0.4 is 0 Å². The van der Waals surface area contributed by atoms with Gasteiger partial charge >= 0.3 is 0 Å². The molecule has 1 aromatic carbocycles. The number of Topliss-reactive ketones (excluding diaryl/α,β-unsaturated/α-hetero) is 2. The first-order chi connectivity index (χ1) is 9.71. The molecule has 1 fully saturated rings. The Morgan fingerprint density at radius 2 is 1.95 bits per heavy atom. The molecule has 21 heavy (non-hydrogen) atoms. The Hall–Kier alpha value is -1.92. The molecule has 0 aromatic heterocycles. The molecule has 1 saturated carbocycles. The summed E-state index contributed by atoms with van der Waals surface area (Å²) in [5.41, 5.74) is 1.45. The average Bonchev–Trinajstić information content (AvgIpc) is 2.59. The first kappa shape index (κ1) is 15.5. The van der Waals surface area contributed by atoms with E-state index < -0.39 is 11.3 Å². The number of halogens is 1. The lowest BCUT2D eigenvalue weighted by molar-refractivity contribution is -0.133. The van der Waals surface area contributed by atoms with Crippen LogP contribution >= 0.6 is 11.6 Å². The Morgan fingerprint density at radius 1 is 1.33 bits per heavy atom. The zero-order valence-electron chi connectivity index (χ0n) is 12.5. The van der Waals surface area contributed by atoms with Gasteiger partial charge in [0.2, 0.25) is 0 Å². The number of benzene rings is 1. The minimum Gasteiger partial charge on any atom is -0.298 e. The fraction of sp³-hybridized carbons (Fsp3) is 0.353. The highest BCUT2D eigenvalue weighted by molar-refractivity contribution is 6.32. The summed E-state index contributed by atoms with van der Waals surface area (Å²) in [7, 11) is 0. The number of hydrogen-bond acceptors (Lipinski definition) is 3. The second-order valence-electron chi connectivity index (χ2n) is 5.89. The van der Waals surface area contributed by atoms with Crippen LogP contribution in [0, 0.1) is 29.6 Å². The maximum absolute atomic E-state index is 12.4. The summed E-state index contributed by atoms with van der Waals surface area (Å²) in [5, 5.41) is 9.34.